The van der Waals surface area contributed by atoms with Crippen LogP contribution in [0.1, 0.15) is 15.9 Å². The minimum atomic E-state index is -3.34. The lowest BCUT2D eigenvalue weighted by atomic mass is 10.1. The number of thiazole rings is 1. The number of carboxylic acids is 1. The first-order valence-electron chi connectivity index (χ1n) is 11.4. The molecule has 0 atom stereocenters. The number of carbonyl (C=O) groups is 1. The number of rotatable bonds is 9. The van der Waals surface area contributed by atoms with E-state index in [0.717, 1.165) is 10.9 Å². The lowest BCUT2D eigenvalue weighted by Crippen LogP contribution is -2.17. The molecule has 2 aromatic heterocycles. The summed E-state index contributed by atoms with van der Waals surface area (Å²) >= 11 is 13.8. The van der Waals surface area contributed by atoms with Crippen LogP contribution in [0.25, 0.3) is 11.3 Å². The van der Waals surface area contributed by atoms with Crippen LogP contribution >= 0.6 is 34.5 Å². The zero-order chi connectivity index (χ0) is 28.8. The van der Waals surface area contributed by atoms with Crippen molar-refractivity contribution in [2.24, 2.45) is 0 Å². The number of anilines is 3. The van der Waals surface area contributed by atoms with E-state index in [1.165, 1.54) is 35.6 Å². The summed E-state index contributed by atoms with van der Waals surface area (Å²) in [6.45, 7) is 0.181. The van der Waals surface area contributed by atoms with Crippen molar-refractivity contribution in [2.45, 2.75) is 11.4 Å². The first-order valence-corrected chi connectivity index (χ1v) is 14.9. The molecule has 3 aromatic carbocycles. The van der Waals surface area contributed by atoms with Crippen LogP contribution in [0.15, 0.2) is 80.5 Å². The Bertz CT molecular complexity index is 1920. The summed E-state index contributed by atoms with van der Waals surface area (Å²) < 4.78 is 24.4. The third-order valence-corrected chi connectivity index (χ3v) is 8.67. The molecule has 0 radical (unpaired) electrons. The van der Waals surface area contributed by atoms with Gasteiger partial charge in [-0.05, 0) is 48.0 Å². The highest BCUT2D eigenvalue weighted by molar-refractivity contribution is 7.90. The zero-order valence-corrected chi connectivity index (χ0v) is 23.6. The molecule has 0 spiro atoms. The first-order chi connectivity index (χ1) is 18.9. The molecular formula is C26H18Cl2N4O6S2. The summed E-state index contributed by atoms with van der Waals surface area (Å²) in [6.07, 6.45) is 1.14. The Hall–Kier alpha value is -3.97. The Balaban J connectivity index is 1.51. The van der Waals surface area contributed by atoms with Gasteiger partial charge in [0.1, 0.15) is 0 Å². The Labute approximate surface area is 241 Å². The van der Waals surface area contributed by atoms with Crippen molar-refractivity contribution in [1.29, 1.82) is 0 Å². The summed E-state index contributed by atoms with van der Waals surface area (Å²) in [5.41, 5.74) is 3.53. The van der Waals surface area contributed by atoms with Gasteiger partial charge < -0.3 is 10.0 Å². The summed E-state index contributed by atoms with van der Waals surface area (Å²) in [4.78, 5) is 41.4. The van der Waals surface area contributed by atoms with E-state index in [1.807, 2.05) is 10.3 Å². The second kappa shape index (κ2) is 10.5. The van der Waals surface area contributed by atoms with Gasteiger partial charge in [-0.2, -0.15) is 4.68 Å². The van der Waals surface area contributed by atoms with Crippen molar-refractivity contribution in [1.82, 2.24) is 9.66 Å². The summed E-state index contributed by atoms with van der Waals surface area (Å²) in [6, 6.07) is 16.0. The number of sulfone groups is 1. The molecule has 0 aliphatic rings. The van der Waals surface area contributed by atoms with Crippen LogP contribution in [0, 0.1) is 0 Å². The minimum Gasteiger partial charge on any atom is -0.478 e. The Morgan fingerprint density at radius 3 is 2.33 bits per heavy atom. The number of hydrogen-bond donors (Lipinski definition) is 2. The van der Waals surface area contributed by atoms with Crippen molar-refractivity contribution in [3.05, 3.63) is 108 Å². The lowest BCUT2D eigenvalue weighted by molar-refractivity contribution is 0.0697. The third kappa shape index (κ3) is 5.65. The highest BCUT2D eigenvalue weighted by Gasteiger charge is 2.21. The fourth-order valence-corrected chi connectivity index (χ4v) is 5.60. The van der Waals surface area contributed by atoms with Crippen LogP contribution < -0.4 is 21.4 Å². The Kier molecular flexibility index (Phi) is 7.27. The second-order valence-corrected chi connectivity index (χ2v) is 12.4. The van der Waals surface area contributed by atoms with Crippen LogP contribution in [-0.4, -0.2) is 35.4 Å². The maximum absolute atomic E-state index is 12.0. The smallest absolute Gasteiger partial charge is 0.340 e. The standard InChI is InChI=1S/C26H18Cl2N4O6S2/c1-40(37,38)17-6-3-15(4-7-17)22-13-39-26(29-22)31(16-5-8-19(27)20(28)11-16)12-14-2-9-21(18(10-14)25(35)36)30-32-23(33)24(32)34/h2-11,13,30H,12H2,1H3,(H,35,36). The van der Waals surface area contributed by atoms with Crippen LogP contribution in [-0.2, 0) is 16.4 Å². The molecule has 0 bridgehead atoms. The fourth-order valence-electron chi connectivity index (χ4n) is 3.82. The predicted molar refractivity (Wildman–Crippen MR) is 155 cm³/mol. The molecule has 0 unspecified atom stereocenters. The molecule has 0 fully saturated rings. The highest BCUT2D eigenvalue weighted by atomic mass is 35.5. The fraction of sp³-hybridized carbons (Fsp3) is 0.0769. The molecule has 0 aliphatic carbocycles. The topological polar surface area (TPSA) is 139 Å². The SMILES string of the molecule is CS(=O)(=O)c1ccc(-c2csc(N(Cc3ccc(Nn4c(=O)c4=O)c(C(=O)O)c3)c3ccc(Cl)c(Cl)c3)n2)cc1. The van der Waals surface area contributed by atoms with E-state index in [2.05, 4.69) is 5.43 Å². The van der Waals surface area contributed by atoms with E-state index in [-0.39, 0.29) is 22.7 Å². The molecule has 204 valence electrons. The number of aromatic nitrogens is 2. The summed E-state index contributed by atoms with van der Waals surface area (Å²) in [7, 11) is -3.34. The van der Waals surface area contributed by atoms with Gasteiger partial charge in [-0.3, -0.25) is 15.0 Å². The Morgan fingerprint density at radius 2 is 1.73 bits per heavy atom. The maximum atomic E-state index is 12.0. The molecule has 2 N–H and O–H groups in total. The molecule has 5 aromatic rings. The molecular weight excluding hydrogens is 599 g/mol. The van der Waals surface area contributed by atoms with Gasteiger partial charge in [0, 0.05) is 22.9 Å². The van der Waals surface area contributed by atoms with Crippen molar-refractivity contribution in [2.75, 3.05) is 16.6 Å². The van der Waals surface area contributed by atoms with Crippen LogP contribution in [0.4, 0.5) is 16.5 Å². The first kappa shape index (κ1) is 27.6. The van der Waals surface area contributed by atoms with Crippen molar-refractivity contribution in [3.63, 3.8) is 0 Å². The normalized spacial score (nSPS) is 11.6. The average Bonchev–Trinajstić information content (AvgIpc) is 3.27. The number of hydrogen-bond acceptors (Lipinski definition) is 9. The maximum Gasteiger partial charge on any atom is 0.340 e. The van der Waals surface area contributed by atoms with Gasteiger partial charge in [-0.1, -0.05) is 41.4 Å². The minimum absolute atomic E-state index is 0.0885. The molecule has 0 saturated heterocycles. The van der Waals surface area contributed by atoms with Gasteiger partial charge in [0.05, 0.1) is 38.4 Å². The van der Waals surface area contributed by atoms with Crippen LogP contribution in [0.2, 0.25) is 10.0 Å². The zero-order valence-electron chi connectivity index (χ0n) is 20.5. The van der Waals surface area contributed by atoms with Crippen LogP contribution in [0.5, 0.6) is 0 Å². The van der Waals surface area contributed by atoms with Crippen molar-refractivity contribution in [3.8, 4) is 11.3 Å². The summed E-state index contributed by atoms with van der Waals surface area (Å²) in [5, 5.41) is 12.8. The molecule has 40 heavy (non-hydrogen) atoms. The molecule has 14 heteroatoms. The molecule has 0 aliphatic heterocycles. The number of nitrogens with zero attached hydrogens (tertiary/aromatic N) is 3. The lowest BCUT2D eigenvalue weighted by Gasteiger charge is -2.23. The number of carboxylic acid groups (broad SMARTS) is 1. The average molecular weight is 617 g/mol. The van der Waals surface area contributed by atoms with Gasteiger partial charge in [0.2, 0.25) is 0 Å². The van der Waals surface area contributed by atoms with E-state index in [0.29, 0.717) is 37.7 Å². The number of halogens is 2. The van der Waals surface area contributed by atoms with E-state index in [4.69, 9.17) is 28.2 Å². The van der Waals surface area contributed by atoms with Gasteiger partial charge >= 0.3 is 17.1 Å². The third-order valence-electron chi connectivity index (χ3n) is 5.94. The monoisotopic (exact) mass is 616 g/mol. The molecule has 2 heterocycles. The van der Waals surface area contributed by atoms with Crippen molar-refractivity contribution >= 4 is 66.9 Å². The largest absolute Gasteiger partial charge is 0.478 e. The molecule has 0 amide bonds. The number of aromatic carboxylic acids is 1. The Morgan fingerprint density at radius 1 is 1.02 bits per heavy atom. The number of benzene rings is 3. The van der Waals surface area contributed by atoms with Gasteiger partial charge in [0.25, 0.3) is 0 Å². The molecule has 5 rings (SSSR count). The quantitative estimate of drug-likeness (QED) is 0.223. The van der Waals surface area contributed by atoms with E-state index >= 15 is 0 Å². The van der Waals surface area contributed by atoms with Crippen LogP contribution in [0.3, 0.4) is 0 Å². The predicted octanol–water partition coefficient (Wildman–Crippen LogP) is 4.83. The second-order valence-electron chi connectivity index (χ2n) is 8.74. The molecule has 0 saturated carbocycles. The summed E-state index contributed by atoms with van der Waals surface area (Å²) in [5.74, 6) is -1.25. The van der Waals surface area contributed by atoms with E-state index in [1.54, 1.807) is 36.4 Å². The van der Waals surface area contributed by atoms with Gasteiger partial charge in [0.15, 0.2) is 15.0 Å². The molecule has 10 nitrogen and oxygen atoms in total. The van der Waals surface area contributed by atoms with E-state index in [9.17, 15) is 27.9 Å². The highest BCUT2D eigenvalue weighted by Crippen LogP contribution is 2.36. The van der Waals surface area contributed by atoms with Gasteiger partial charge in [-0.15, -0.1) is 11.3 Å². The van der Waals surface area contributed by atoms with Gasteiger partial charge in [-0.25, -0.2) is 18.2 Å². The van der Waals surface area contributed by atoms with E-state index < -0.39 is 26.9 Å². The number of nitrogens with one attached hydrogen (secondary N) is 1. The van der Waals surface area contributed by atoms with Crippen molar-refractivity contribution < 1.29 is 18.3 Å².